The number of nitriles is 1. The lowest BCUT2D eigenvalue weighted by Crippen LogP contribution is -2.42. The molecule has 0 radical (unpaired) electrons. The topological polar surface area (TPSA) is 44.1 Å². The van der Waals surface area contributed by atoms with E-state index in [9.17, 15) is 9.18 Å². The van der Waals surface area contributed by atoms with Crippen LogP contribution in [-0.4, -0.2) is 29.8 Å². The highest BCUT2D eigenvalue weighted by Crippen LogP contribution is 2.25. The second kappa shape index (κ2) is 5.94. The summed E-state index contributed by atoms with van der Waals surface area (Å²) in [4.78, 5) is 14.4. The van der Waals surface area contributed by atoms with Crippen LogP contribution in [-0.2, 0) is 0 Å². The number of likely N-dealkylation sites (tertiary alicyclic amines) is 1. The number of rotatable bonds is 3. The van der Waals surface area contributed by atoms with Crippen LogP contribution in [0.4, 0.5) is 4.39 Å². The van der Waals surface area contributed by atoms with Gasteiger partial charge in [-0.3, -0.25) is 9.69 Å². The van der Waals surface area contributed by atoms with Gasteiger partial charge in [0.1, 0.15) is 5.82 Å². The maximum absolute atomic E-state index is 12.8. The molecule has 1 aromatic carbocycles. The van der Waals surface area contributed by atoms with Crippen molar-refractivity contribution in [3.63, 3.8) is 0 Å². The zero-order chi connectivity index (χ0) is 13.8. The first-order valence-corrected chi connectivity index (χ1v) is 6.52. The predicted octanol–water partition coefficient (Wildman–Crippen LogP) is 2.63. The monoisotopic (exact) mass is 260 g/mol. The summed E-state index contributed by atoms with van der Waals surface area (Å²) < 4.78 is 12.8. The van der Waals surface area contributed by atoms with E-state index in [-0.39, 0.29) is 23.6 Å². The minimum atomic E-state index is -0.325. The molecule has 2 rings (SSSR count). The van der Waals surface area contributed by atoms with Gasteiger partial charge in [0.2, 0.25) is 0 Å². The fourth-order valence-corrected chi connectivity index (χ4v) is 2.63. The molecule has 100 valence electrons. The lowest BCUT2D eigenvalue weighted by Gasteiger charge is -2.35. The Bertz CT molecular complexity index is 492. The number of hydrogen-bond acceptors (Lipinski definition) is 3. The highest BCUT2D eigenvalue weighted by molar-refractivity contribution is 5.97. The van der Waals surface area contributed by atoms with Crippen molar-refractivity contribution >= 4 is 5.78 Å². The van der Waals surface area contributed by atoms with E-state index in [2.05, 4.69) is 11.0 Å². The van der Waals surface area contributed by atoms with E-state index in [1.54, 1.807) is 12.1 Å². The molecular weight excluding hydrogens is 243 g/mol. The summed E-state index contributed by atoms with van der Waals surface area (Å²) in [6, 6.07) is 8.12. The van der Waals surface area contributed by atoms with Crippen LogP contribution in [0, 0.1) is 23.1 Å². The SMILES string of the molecule is CC1CC(C(=O)c2ccc(F)cc2)CCN1CC#N. The number of carbonyl (C=O) groups is 1. The summed E-state index contributed by atoms with van der Waals surface area (Å²) >= 11 is 0. The molecule has 19 heavy (non-hydrogen) atoms. The Morgan fingerprint density at radius 2 is 2.16 bits per heavy atom. The van der Waals surface area contributed by atoms with Crippen molar-refractivity contribution in [3.8, 4) is 6.07 Å². The molecule has 2 atom stereocenters. The van der Waals surface area contributed by atoms with Gasteiger partial charge in [0, 0.05) is 24.1 Å². The molecule has 1 heterocycles. The fourth-order valence-electron chi connectivity index (χ4n) is 2.63. The third kappa shape index (κ3) is 3.18. The number of Topliss-reactive ketones (excluding diaryl/α,β-unsaturated/α-hetero) is 1. The number of hydrogen-bond donors (Lipinski definition) is 0. The van der Waals surface area contributed by atoms with Crippen LogP contribution in [0.25, 0.3) is 0 Å². The average molecular weight is 260 g/mol. The van der Waals surface area contributed by atoms with Crippen LogP contribution < -0.4 is 0 Å². The molecule has 2 unspecified atom stereocenters. The van der Waals surface area contributed by atoms with Gasteiger partial charge >= 0.3 is 0 Å². The lowest BCUT2D eigenvalue weighted by molar-refractivity contribution is 0.0781. The number of halogens is 1. The first-order valence-electron chi connectivity index (χ1n) is 6.52. The Morgan fingerprint density at radius 3 is 2.74 bits per heavy atom. The normalized spacial score (nSPS) is 23.8. The van der Waals surface area contributed by atoms with E-state index in [4.69, 9.17) is 5.26 Å². The van der Waals surface area contributed by atoms with E-state index in [1.807, 2.05) is 6.92 Å². The Kier molecular flexibility index (Phi) is 4.28. The van der Waals surface area contributed by atoms with Crippen molar-refractivity contribution < 1.29 is 9.18 Å². The summed E-state index contributed by atoms with van der Waals surface area (Å²) in [6.45, 7) is 3.23. The van der Waals surface area contributed by atoms with Crippen LogP contribution in [0.1, 0.15) is 30.1 Å². The molecule has 1 saturated heterocycles. The van der Waals surface area contributed by atoms with Gasteiger partial charge in [-0.2, -0.15) is 5.26 Å². The minimum absolute atomic E-state index is 0.0181. The van der Waals surface area contributed by atoms with Crippen molar-refractivity contribution in [2.24, 2.45) is 5.92 Å². The van der Waals surface area contributed by atoms with E-state index in [1.165, 1.54) is 12.1 Å². The fraction of sp³-hybridized carbons (Fsp3) is 0.467. The highest BCUT2D eigenvalue weighted by atomic mass is 19.1. The molecule has 0 aliphatic carbocycles. The zero-order valence-electron chi connectivity index (χ0n) is 11.0. The predicted molar refractivity (Wildman–Crippen MR) is 70.1 cm³/mol. The molecule has 1 aliphatic rings. The Morgan fingerprint density at radius 1 is 1.47 bits per heavy atom. The van der Waals surface area contributed by atoms with E-state index >= 15 is 0 Å². The Labute approximate surface area is 112 Å². The summed E-state index contributed by atoms with van der Waals surface area (Å²) in [5.41, 5.74) is 0.576. The largest absolute Gasteiger partial charge is 0.294 e. The van der Waals surface area contributed by atoms with Gasteiger partial charge < -0.3 is 0 Å². The van der Waals surface area contributed by atoms with Crippen molar-refractivity contribution in [2.45, 2.75) is 25.8 Å². The van der Waals surface area contributed by atoms with Gasteiger partial charge in [0.15, 0.2) is 5.78 Å². The molecule has 0 bridgehead atoms. The molecule has 0 aromatic heterocycles. The molecule has 0 amide bonds. The molecular formula is C15H17FN2O. The molecule has 0 saturated carbocycles. The molecule has 1 aliphatic heterocycles. The third-order valence-electron chi connectivity index (χ3n) is 3.79. The van der Waals surface area contributed by atoms with Gasteiger partial charge in [0.25, 0.3) is 0 Å². The van der Waals surface area contributed by atoms with E-state index in [0.717, 1.165) is 19.4 Å². The van der Waals surface area contributed by atoms with Gasteiger partial charge in [-0.05, 0) is 44.0 Å². The first kappa shape index (κ1) is 13.7. The van der Waals surface area contributed by atoms with Crippen molar-refractivity contribution in [1.82, 2.24) is 4.90 Å². The zero-order valence-corrected chi connectivity index (χ0v) is 11.0. The molecule has 1 aromatic rings. The molecule has 3 nitrogen and oxygen atoms in total. The number of piperidine rings is 1. The van der Waals surface area contributed by atoms with Crippen molar-refractivity contribution in [3.05, 3.63) is 35.6 Å². The summed E-state index contributed by atoms with van der Waals surface area (Å²) in [7, 11) is 0. The Balaban J connectivity index is 2.02. The van der Waals surface area contributed by atoms with Crippen LogP contribution in [0.3, 0.4) is 0 Å². The second-order valence-corrected chi connectivity index (χ2v) is 5.07. The summed E-state index contributed by atoms with van der Waals surface area (Å²) in [5.74, 6) is -0.257. The number of ketones is 1. The van der Waals surface area contributed by atoms with Crippen molar-refractivity contribution in [2.75, 3.05) is 13.1 Å². The van der Waals surface area contributed by atoms with Gasteiger partial charge in [-0.1, -0.05) is 0 Å². The van der Waals surface area contributed by atoms with Gasteiger partial charge in [0.05, 0.1) is 12.6 Å². The van der Waals surface area contributed by atoms with Gasteiger partial charge in [-0.15, -0.1) is 0 Å². The van der Waals surface area contributed by atoms with E-state index < -0.39 is 0 Å². The smallest absolute Gasteiger partial charge is 0.166 e. The average Bonchev–Trinajstić information content (AvgIpc) is 2.41. The van der Waals surface area contributed by atoms with Gasteiger partial charge in [-0.25, -0.2) is 4.39 Å². The third-order valence-corrected chi connectivity index (χ3v) is 3.79. The van der Waals surface area contributed by atoms with Crippen LogP contribution in [0.2, 0.25) is 0 Å². The van der Waals surface area contributed by atoms with Crippen LogP contribution >= 0.6 is 0 Å². The highest BCUT2D eigenvalue weighted by Gasteiger charge is 2.30. The number of nitrogens with zero attached hydrogens (tertiary/aromatic N) is 2. The Hall–Kier alpha value is -1.73. The minimum Gasteiger partial charge on any atom is -0.294 e. The summed E-state index contributed by atoms with van der Waals surface area (Å²) in [6.07, 6.45) is 1.53. The number of benzene rings is 1. The molecule has 1 fully saturated rings. The van der Waals surface area contributed by atoms with Crippen molar-refractivity contribution in [1.29, 1.82) is 5.26 Å². The standard InChI is InChI=1S/C15H17FN2O/c1-11-10-13(6-8-18(11)9-7-17)15(19)12-2-4-14(16)5-3-12/h2-5,11,13H,6,8-10H2,1H3. The first-order chi connectivity index (χ1) is 9.11. The van der Waals surface area contributed by atoms with Crippen LogP contribution in [0.5, 0.6) is 0 Å². The molecule has 0 N–H and O–H groups in total. The summed E-state index contributed by atoms with van der Waals surface area (Å²) in [5, 5.41) is 8.72. The lowest BCUT2D eigenvalue weighted by atomic mass is 9.85. The molecule has 0 spiro atoms. The number of carbonyl (C=O) groups excluding carboxylic acids is 1. The maximum Gasteiger partial charge on any atom is 0.166 e. The maximum atomic E-state index is 12.8. The second-order valence-electron chi connectivity index (χ2n) is 5.07. The van der Waals surface area contributed by atoms with Crippen LogP contribution in [0.15, 0.2) is 24.3 Å². The quantitative estimate of drug-likeness (QED) is 0.620. The molecule has 4 heteroatoms. The van der Waals surface area contributed by atoms with E-state index in [0.29, 0.717) is 12.1 Å².